The van der Waals surface area contributed by atoms with Gasteiger partial charge in [0.25, 0.3) is 0 Å². The second-order valence-corrected chi connectivity index (χ2v) is 4.94. The highest BCUT2D eigenvalue weighted by Crippen LogP contribution is 2.28. The smallest absolute Gasteiger partial charge is 0.0453 e. The summed E-state index contributed by atoms with van der Waals surface area (Å²) in [6.45, 7) is 2.20. The van der Waals surface area contributed by atoms with Gasteiger partial charge in [-0.2, -0.15) is 0 Å². The lowest BCUT2D eigenvalue weighted by Gasteiger charge is -2.04. The van der Waals surface area contributed by atoms with Crippen molar-refractivity contribution in [2.75, 3.05) is 11.5 Å². The first-order valence-corrected chi connectivity index (χ1v) is 6.19. The summed E-state index contributed by atoms with van der Waals surface area (Å²) in [7, 11) is 0. The van der Waals surface area contributed by atoms with E-state index in [1.54, 1.807) is 0 Å². The zero-order valence-electron chi connectivity index (χ0n) is 7.72. The van der Waals surface area contributed by atoms with Crippen molar-refractivity contribution in [1.29, 1.82) is 0 Å². The average Bonchev–Trinajstić information content (AvgIpc) is 2.11. The molecule has 0 atom stereocenters. The van der Waals surface area contributed by atoms with Crippen LogP contribution in [-0.4, -0.2) is 5.75 Å². The van der Waals surface area contributed by atoms with E-state index >= 15 is 0 Å². The number of nitrogen functional groups attached to an aromatic ring is 1. The molecule has 0 fully saturated rings. The van der Waals surface area contributed by atoms with Gasteiger partial charge in [0.15, 0.2) is 0 Å². The summed E-state index contributed by atoms with van der Waals surface area (Å²) in [4.78, 5) is 1.18. The largest absolute Gasteiger partial charge is 0.398 e. The lowest BCUT2D eigenvalue weighted by Crippen LogP contribution is -1.89. The lowest BCUT2D eigenvalue weighted by atomic mass is 10.3. The van der Waals surface area contributed by atoms with E-state index in [1.807, 2.05) is 23.9 Å². The van der Waals surface area contributed by atoms with Crippen molar-refractivity contribution in [1.82, 2.24) is 0 Å². The van der Waals surface area contributed by atoms with E-state index in [0.717, 1.165) is 15.9 Å². The second kappa shape index (κ2) is 5.55. The van der Waals surface area contributed by atoms with Gasteiger partial charge < -0.3 is 5.73 Å². The fourth-order valence-corrected chi connectivity index (χ4v) is 2.57. The fourth-order valence-electron chi connectivity index (χ4n) is 0.960. The highest BCUT2D eigenvalue weighted by molar-refractivity contribution is 9.10. The van der Waals surface area contributed by atoms with E-state index < -0.39 is 0 Å². The molecule has 2 N–H and O–H groups in total. The molecule has 0 radical (unpaired) electrons. The van der Waals surface area contributed by atoms with Gasteiger partial charge in [0.2, 0.25) is 0 Å². The first-order chi connectivity index (χ1) is 6.24. The van der Waals surface area contributed by atoms with E-state index in [4.69, 9.17) is 5.73 Å². The summed E-state index contributed by atoms with van der Waals surface area (Å²) in [6.07, 6.45) is 2.48. The number of unbranched alkanes of at least 4 members (excludes halogenated alkanes) is 1. The third-order valence-electron chi connectivity index (χ3n) is 1.73. The van der Waals surface area contributed by atoms with Crippen LogP contribution in [0.1, 0.15) is 19.8 Å². The van der Waals surface area contributed by atoms with Crippen molar-refractivity contribution in [3.8, 4) is 0 Å². The van der Waals surface area contributed by atoms with Gasteiger partial charge in [0.1, 0.15) is 0 Å². The minimum Gasteiger partial charge on any atom is -0.398 e. The minimum atomic E-state index is 0.879. The van der Waals surface area contributed by atoms with Crippen LogP contribution in [0.3, 0.4) is 0 Å². The Balaban J connectivity index is 2.59. The first-order valence-electron chi connectivity index (χ1n) is 4.42. The van der Waals surface area contributed by atoms with Gasteiger partial charge in [0.05, 0.1) is 0 Å². The molecule has 0 unspecified atom stereocenters. The van der Waals surface area contributed by atoms with Crippen molar-refractivity contribution in [2.24, 2.45) is 0 Å². The van der Waals surface area contributed by atoms with Gasteiger partial charge in [-0.1, -0.05) is 29.3 Å². The van der Waals surface area contributed by atoms with Gasteiger partial charge in [-0.05, 0) is 30.4 Å². The Kier molecular flexibility index (Phi) is 4.67. The van der Waals surface area contributed by atoms with Crippen LogP contribution in [0.5, 0.6) is 0 Å². The topological polar surface area (TPSA) is 26.0 Å². The monoisotopic (exact) mass is 259 g/mol. The van der Waals surface area contributed by atoms with Crippen LogP contribution in [0.25, 0.3) is 0 Å². The van der Waals surface area contributed by atoms with E-state index in [1.165, 1.54) is 17.7 Å². The Morgan fingerprint density at radius 1 is 1.46 bits per heavy atom. The zero-order valence-corrected chi connectivity index (χ0v) is 10.1. The number of hydrogen-bond acceptors (Lipinski definition) is 2. The van der Waals surface area contributed by atoms with Crippen molar-refractivity contribution < 1.29 is 0 Å². The van der Waals surface area contributed by atoms with E-state index in [-0.39, 0.29) is 0 Å². The van der Waals surface area contributed by atoms with Crippen LogP contribution in [0.4, 0.5) is 5.69 Å². The maximum atomic E-state index is 5.83. The Morgan fingerprint density at radius 3 is 2.92 bits per heavy atom. The standard InChI is InChI=1S/C10H14BrNS/c1-2-3-6-13-10-7-8(11)4-5-9(10)12/h4-5,7H,2-3,6,12H2,1H3. The molecule has 1 aromatic rings. The molecular weight excluding hydrogens is 246 g/mol. The molecule has 72 valence electrons. The second-order valence-electron chi connectivity index (χ2n) is 2.88. The number of hydrogen-bond donors (Lipinski definition) is 1. The molecular formula is C10H14BrNS. The predicted octanol–water partition coefficient (Wildman–Crippen LogP) is 3.92. The van der Waals surface area contributed by atoms with Crippen molar-refractivity contribution in [2.45, 2.75) is 24.7 Å². The minimum absolute atomic E-state index is 0.879. The number of benzene rings is 1. The molecule has 0 amide bonds. The molecule has 13 heavy (non-hydrogen) atoms. The van der Waals surface area contributed by atoms with Gasteiger partial charge in [-0.3, -0.25) is 0 Å². The Bertz CT molecular complexity index is 276. The van der Waals surface area contributed by atoms with Crippen molar-refractivity contribution in [3.05, 3.63) is 22.7 Å². The SMILES string of the molecule is CCCCSc1cc(Br)ccc1N. The molecule has 0 aliphatic carbocycles. The van der Waals surface area contributed by atoms with Crippen LogP contribution < -0.4 is 5.73 Å². The molecule has 3 heteroatoms. The van der Waals surface area contributed by atoms with Gasteiger partial charge >= 0.3 is 0 Å². The molecule has 1 rings (SSSR count). The highest BCUT2D eigenvalue weighted by Gasteiger charge is 1.99. The molecule has 0 aromatic heterocycles. The summed E-state index contributed by atoms with van der Waals surface area (Å²) in [5.74, 6) is 1.15. The molecule has 0 heterocycles. The number of thioether (sulfide) groups is 1. The highest BCUT2D eigenvalue weighted by atomic mass is 79.9. The van der Waals surface area contributed by atoms with Crippen LogP contribution in [0.2, 0.25) is 0 Å². The maximum absolute atomic E-state index is 5.83. The van der Waals surface area contributed by atoms with E-state index in [9.17, 15) is 0 Å². The Hall–Kier alpha value is -0.150. The predicted molar refractivity (Wildman–Crippen MR) is 64.2 cm³/mol. The fraction of sp³-hybridized carbons (Fsp3) is 0.400. The number of halogens is 1. The first kappa shape index (κ1) is 10.9. The molecule has 0 saturated carbocycles. The molecule has 0 saturated heterocycles. The molecule has 1 aromatic carbocycles. The van der Waals surface area contributed by atoms with Crippen LogP contribution in [-0.2, 0) is 0 Å². The summed E-state index contributed by atoms with van der Waals surface area (Å²) >= 11 is 5.27. The number of nitrogens with two attached hydrogens (primary N) is 1. The molecule has 0 bridgehead atoms. The molecule has 0 spiro atoms. The number of rotatable bonds is 4. The number of anilines is 1. The summed E-state index contributed by atoms with van der Waals surface area (Å²) in [6, 6.07) is 5.99. The third kappa shape index (κ3) is 3.61. The third-order valence-corrected chi connectivity index (χ3v) is 3.38. The van der Waals surface area contributed by atoms with E-state index in [0.29, 0.717) is 0 Å². The Morgan fingerprint density at radius 2 is 2.23 bits per heavy atom. The van der Waals surface area contributed by atoms with Crippen LogP contribution >= 0.6 is 27.7 Å². The lowest BCUT2D eigenvalue weighted by molar-refractivity contribution is 0.896. The summed E-state index contributed by atoms with van der Waals surface area (Å²) < 4.78 is 1.10. The quantitative estimate of drug-likeness (QED) is 0.504. The summed E-state index contributed by atoms with van der Waals surface area (Å²) in [5.41, 5.74) is 6.71. The zero-order chi connectivity index (χ0) is 9.68. The van der Waals surface area contributed by atoms with Gasteiger partial charge in [-0.15, -0.1) is 11.8 Å². The van der Waals surface area contributed by atoms with Crippen molar-refractivity contribution >= 4 is 33.4 Å². The Labute approximate surface area is 92.2 Å². The maximum Gasteiger partial charge on any atom is 0.0453 e. The van der Waals surface area contributed by atoms with Gasteiger partial charge in [0, 0.05) is 15.1 Å². The molecule has 1 nitrogen and oxygen atoms in total. The summed E-state index contributed by atoms with van der Waals surface area (Å²) in [5, 5.41) is 0. The molecule has 0 aliphatic rings. The van der Waals surface area contributed by atoms with Crippen molar-refractivity contribution in [3.63, 3.8) is 0 Å². The van der Waals surface area contributed by atoms with Crippen LogP contribution in [0, 0.1) is 0 Å². The molecule has 0 aliphatic heterocycles. The van der Waals surface area contributed by atoms with Crippen LogP contribution in [0.15, 0.2) is 27.6 Å². The van der Waals surface area contributed by atoms with Gasteiger partial charge in [-0.25, -0.2) is 0 Å². The van der Waals surface area contributed by atoms with E-state index in [2.05, 4.69) is 28.9 Å². The normalized spacial score (nSPS) is 10.3. The average molecular weight is 260 g/mol.